The third kappa shape index (κ3) is 2.12. The first-order chi connectivity index (χ1) is 9.56. The van der Waals surface area contributed by atoms with E-state index in [9.17, 15) is 4.79 Å². The van der Waals surface area contributed by atoms with E-state index in [0.29, 0.717) is 10.6 Å². The molecule has 3 heteroatoms. The van der Waals surface area contributed by atoms with Gasteiger partial charge in [0.15, 0.2) is 5.78 Å². The van der Waals surface area contributed by atoms with E-state index in [1.807, 2.05) is 44.2 Å². The van der Waals surface area contributed by atoms with E-state index in [2.05, 4.69) is 4.98 Å². The van der Waals surface area contributed by atoms with Gasteiger partial charge in [-0.2, -0.15) is 0 Å². The molecule has 0 aliphatic heterocycles. The zero-order valence-corrected chi connectivity index (χ0v) is 12.1. The van der Waals surface area contributed by atoms with Gasteiger partial charge in [-0.3, -0.25) is 4.79 Å². The van der Waals surface area contributed by atoms with Crippen LogP contribution in [0.5, 0.6) is 0 Å². The molecule has 0 amide bonds. The number of aromatic amines is 1. The number of aryl methyl sites for hydroxylation is 2. The number of carbonyl (C=O) groups is 1. The van der Waals surface area contributed by atoms with Crippen LogP contribution >= 0.6 is 11.6 Å². The first-order valence-electron chi connectivity index (χ1n) is 6.45. The summed E-state index contributed by atoms with van der Waals surface area (Å²) in [5.41, 5.74) is 4.46. The SMILES string of the molecule is Cc1ccc(C(=O)c2c[nH]c3cc(Cl)ccc23)c(C)c1. The number of rotatable bonds is 2. The highest BCUT2D eigenvalue weighted by Gasteiger charge is 2.16. The molecule has 0 aliphatic carbocycles. The molecule has 1 heterocycles. The molecule has 0 saturated carbocycles. The average Bonchev–Trinajstić information content (AvgIpc) is 2.80. The second-order valence-electron chi connectivity index (χ2n) is 5.04. The maximum absolute atomic E-state index is 12.7. The van der Waals surface area contributed by atoms with Crippen LogP contribution in [0.15, 0.2) is 42.6 Å². The van der Waals surface area contributed by atoms with E-state index in [0.717, 1.165) is 27.6 Å². The molecule has 0 bridgehead atoms. The van der Waals surface area contributed by atoms with E-state index >= 15 is 0 Å². The minimum absolute atomic E-state index is 0.0380. The number of nitrogens with one attached hydrogen (secondary N) is 1. The lowest BCUT2D eigenvalue weighted by Gasteiger charge is -2.05. The van der Waals surface area contributed by atoms with Gasteiger partial charge in [0.25, 0.3) is 0 Å². The van der Waals surface area contributed by atoms with Gasteiger partial charge >= 0.3 is 0 Å². The highest BCUT2D eigenvalue weighted by molar-refractivity contribution is 6.31. The number of H-pyrrole nitrogens is 1. The molecule has 3 aromatic rings. The molecular formula is C17H14ClNO. The number of hydrogen-bond acceptors (Lipinski definition) is 1. The molecule has 3 rings (SSSR count). The fourth-order valence-corrected chi connectivity index (χ4v) is 2.67. The van der Waals surface area contributed by atoms with Crippen molar-refractivity contribution in [2.45, 2.75) is 13.8 Å². The van der Waals surface area contributed by atoms with E-state index in [4.69, 9.17) is 11.6 Å². The third-order valence-electron chi connectivity index (χ3n) is 3.51. The molecule has 0 aliphatic rings. The first-order valence-corrected chi connectivity index (χ1v) is 6.82. The molecule has 1 N–H and O–H groups in total. The highest BCUT2D eigenvalue weighted by Crippen LogP contribution is 2.25. The molecule has 20 heavy (non-hydrogen) atoms. The quantitative estimate of drug-likeness (QED) is 0.681. The Bertz CT molecular complexity index is 817. The largest absolute Gasteiger partial charge is 0.360 e. The number of benzene rings is 2. The molecule has 100 valence electrons. The fourth-order valence-electron chi connectivity index (χ4n) is 2.50. The Morgan fingerprint density at radius 3 is 2.60 bits per heavy atom. The predicted octanol–water partition coefficient (Wildman–Crippen LogP) is 4.67. The Balaban J connectivity index is 2.13. The predicted molar refractivity (Wildman–Crippen MR) is 82.7 cm³/mol. The van der Waals surface area contributed by atoms with Crippen LogP contribution in [0.2, 0.25) is 5.02 Å². The van der Waals surface area contributed by atoms with Crippen LogP contribution < -0.4 is 0 Å². The molecule has 0 atom stereocenters. The van der Waals surface area contributed by atoms with Crippen molar-refractivity contribution < 1.29 is 4.79 Å². The minimum Gasteiger partial charge on any atom is -0.360 e. The number of halogens is 1. The molecule has 0 saturated heterocycles. The van der Waals surface area contributed by atoms with E-state index in [1.54, 1.807) is 12.3 Å². The lowest BCUT2D eigenvalue weighted by atomic mass is 9.97. The first kappa shape index (κ1) is 12.9. The second kappa shape index (κ2) is 4.80. The Morgan fingerprint density at radius 2 is 1.85 bits per heavy atom. The summed E-state index contributed by atoms with van der Waals surface area (Å²) in [6.45, 7) is 3.99. The molecule has 0 fully saturated rings. The fraction of sp³-hybridized carbons (Fsp3) is 0.118. The summed E-state index contributed by atoms with van der Waals surface area (Å²) in [6, 6.07) is 11.4. The van der Waals surface area contributed by atoms with E-state index < -0.39 is 0 Å². The van der Waals surface area contributed by atoms with Crippen molar-refractivity contribution in [2.24, 2.45) is 0 Å². The lowest BCUT2D eigenvalue weighted by Crippen LogP contribution is -2.03. The van der Waals surface area contributed by atoms with Crippen LogP contribution in [0.4, 0.5) is 0 Å². The summed E-state index contributed by atoms with van der Waals surface area (Å²) in [5.74, 6) is 0.0380. The average molecular weight is 284 g/mol. The maximum Gasteiger partial charge on any atom is 0.195 e. The zero-order valence-electron chi connectivity index (χ0n) is 11.3. The molecule has 0 radical (unpaired) electrons. The summed E-state index contributed by atoms with van der Waals surface area (Å²) in [6.07, 6.45) is 1.75. The molecule has 0 spiro atoms. The summed E-state index contributed by atoms with van der Waals surface area (Å²) < 4.78 is 0. The molecule has 2 nitrogen and oxygen atoms in total. The van der Waals surface area contributed by atoms with Gasteiger partial charge in [-0.1, -0.05) is 41.4 Å². The summed E-state index contributed by atoms with van der Waals surface area (Å²) >= 11 is 5.96. The van der Waals surface area contributed by atoms with Gasteiger partial charge in [-0.05, 0) is 31.5 Å². The van der Waals surface area contributed by atoms with Crippen molar-refractivity contribution in [3.8, 4) is 0 Å². The van der Waals surface area contributed by atoms with Crippen LogP contribution in [0.25, 0.3) is 10.9 Å². The van der Waals surface area contributed by atoms with Crippen molar-refractivity contribution in [1.29, 1.82) is 0 Å². The van der Waals surface area contributed by atoms with Gasteiger partial charge in [-0.15, -0.1) is 0 Å². The molecule has 1 aromatic heterocycles. The summed E-state index contributed by atoms with van der Waals surface area (Å²) in [7, 11) is 0. The van der Waals surface area contributed by atoms with Crippen molar-refractivity contribution >= 4 is 28.3 Å². The van der Waals surface area contributed by atoms with Crippen LogP contribution in [0.1, 0.15) is 27.0 Å². The van der Waals surface area contributed by atoms with Crippen LogP contribution in [0.3, 0.4) is 0 Å². The lowest BCUT2D eigenvalue weighted by molar-refractivity contribution is 0.104. The number of hydrogen-bond donors (Lipinski definition) is 1. The van der Waals surface area contributed by atoms with Gasteiger partial charge < -0.3 is 4.98 Å². The van der Waals surface area contributed by atoms with Crippen molar-refractivity contribution in [3.63, 3.8) is 0 Å². The Kier molecular flexibility index (Phi) is 3.11. The van der Waals surface area contributed by atoms with Gasteiger partial charge in [0.1, 0.15) is 0 Å². The third-order valence-corrected chi connectivity index (χ3v) is 3.75. The van der Waals surface area contributed by atoms with Crippen molar-refractivity contribution in [1.82, 2.24) is 4.98 Å². The molecule has 0 unspecified atom stereocenters. The monoisotopic (exact) mass is 283 g/mol. The smallest absolute Gasteiger partial charge is 0.195 e. The number of aromatic nitrogens is 1. The Labute approximate surface area is 122 Å². The molecular weight excluding hydrogens is 270 g/mol. The van der Waals surface area contributed by atoms with Crippen molar-refractivity contribution in [2.75, 3.05) is 0 Å². The van der Waals surface area contributed by atoms with Gasteiger partial charge in [0.05, 0.1) is 0 Å². The number of fused-ring (bicyclic) bond motifs is 1. The minimum atomic E-state index is 0.0380. The zero-order chi connectivity index (χ0) is 14.3. The Morgan fingerprint density at radius 1 is 1.05 bits per heavy atom. The van der Waals surface area contributed by atoms with E-state index in [1.165, 1.54) is 0 Å². The van der Waals surface area contributed by atoms with Crippen LogP contribution in [-0.4, -0.2) is 10.8 Å². The topological polar surface area (TPSA) is 32.9 Å². The van der Waals surface area contributed by atoms with Gasteiger partial charge in [0, 0.05) is 33.2 Å². The van der Waals surface area contributed by atoms with E-state index in [-0.39, 0.29) is 5.78 Å². The maximum atomic E-state index is 12.7. The second-order valence-corrected chi connectivity index (χ2v) is 5.48. The standard InChI is InChI=1S/C17H14ClNO/c1-10-3-5-13(11(2)7-10)17(20)15-9-19-16-8-12(18)4-6-14(15)16/h3-9,19H,1-2H3. The highest BCUT2D eigenvalue weighted by atomic mass is 35.5. The summed E-state index contributed by atoms with van der Waals surface area (Å²) in [4.78, 5) is 15.8. The van der Waals surface area contributed by atoms with Crippen LogP contribution in [-0.2, 0) is 0 Å². The van der Waals surface area contributed by atoms with Crippen molar-refractivity contribution in [3.05, 3.63) is 69.9 Å². The normalized spacial score (nSPS) is 10.9. The Hall–Kier alpha value is -2.06. The van der Waals surface area contributed by atoms with Crippen LogP contribution in [0, 0.1) is 13.8 Å². The molecule has 2 aromatic carbocycles. The van der Waals surface area contributed by atoms with Gasteiger partial charge in [0.2, 0.25) is 0 Å². The van der Waals surface area contributed by atoms with Gasteiger partial charge in [-0.25, -0.2) is 0 Å². The number of carbonyl (C=O) groups excluding carboxylic acids is 1. The number of ketones is 1. The summed E-state index contributed by atoms with van der Waals surface area (Å²) in [5, 5.41) is 1.56.